The molecule has 1 unspecified atom stereocenters. The summed E-state index contributed by atoms with van der Waals surface area (Å²) in [6.45, 7) is 2.02. The summed E-state index contributed by atoms with van der Waals surface area (Å²) < 4.78 is 0. The van der Waals surface area contributed by atoms with Gasteiger partial charge in [-0.15, -0.1) is 0 Å². The van der Waals surface area contributed by atoms with Crippen molar-refractivity contribution in [3.63, 3.8) is 0 Å². The second-order valence-electron chi connectivity index (χ2n) is 6.76. The first kappa shape index (κ1) is 17.0. The van der Waals surface area contributed by atoms with Crippen LogP contribution in [0.2, 0.25) is 0 Å². The molecule has 0 saturated heterocycles. The van der Waals surface area contributed by atoms with Crippen molar-refractivity contribution in [1.82, 2.24) is 0 Å². The molecule has 0 aromatic heterocycles. The molecule has 0 saturated carbocycles. The third-order valence-electron chi connectivity index (χ3n) is 5.08. The molecule has 3 atom stereocenters. The quantitative estimate of drug-likeness (QED) is 0.759. The van der Waals surface area contributed by atoms with Crippen LogP contribution in [-0.2, 0) is 12.8 Å². The van der Waals surface area contributed by atoms with Gasteiger partial charge in [0.25, 0.3) is 0 Å². The third kappa shape index (κ3) is 3.80. The monoisotopic (exact) mass is 325 g/mol. The maximum absolute atomic E-state index is 9.75. The van der Waals surface area contributed by atoms with E-state index >= 15 is 0 Å². The smallest absolute Gasteiger partial charge is 0.0771 e. The van der Waals surface area contributed by atoms with E-state index in [1.807, 2.05) is 6.07 Å². The molecule has 3 rings (SSSR count). The summed E-state index contributed by atoms with van der Waals surface area (Å²) >= 11 is 0. The molecule has 0 radical (unpaired) electrons. The van der Waals surface area contributed by atoms with Crippen LogP contribution in [-0.4, -0.2) is 22.9 Å². The Labute approximate surface area is 144 Å². The number of benzene rings is 2. The first-order valence-electron chi connectivity index (χ1n) is 8.93. The second kappa shape index (κ2) is 7.82. The van der Waals surface area contributed by atoms with Crippen molar-refractivity contribution in [3.8, 4) is 0 Å². The van der Waals surface area contributed by atoms with Crippen molar-refractivity contribution in [1.29, 1.82) is 0 Å². The zero-order chi connectivity index (χ0) is 16.9. The van der Waals surface area contributed by atoms with Gasteiger partial charge in [0.15, 0.2) is 0 Å². The van der Waals surface area contributed by atoms with Crippen molar-refractivity contribution in [2.24, 2.45) is 5.92 Å². The second-order valence-corrected chi connectivity index (χ2v) is 6.76. The van der Waals surface area contributed by atoms with Crippen LogP contribution in [0.25, 0.3) is 0 Å². The minimum atomic E-state index is -0.621. The highest BCUT2D eigenvalue weighted by molar-refractivity contribution is 5.57. The highest BCUT2D eigenvalue weighted by atomic mass is 16.3. The van der Waals surface area contributed by atoms with Crippen molar-refractivity contribution < 1.29 is 10.2 Å². The number of hydrogen-bond acceptors (Lipinski definition) is 3. The molecule has 0 amide bonds. The lowest BCUT2D eigenvalue weighted by atomic mass is 9.80. The van der Waals surface area contributed by atoms with Gasteiger partial charge in [0.2, 0.25) is 0 Å². The predicted octanol–water partition coefficient (Wildman–Crippen LogP) is 3.71. The Morgan fingerprint density at radius 3 is 2.67 bits per heavy atom. The molecule has 24 heavy (non-hydrogen) atoms. The summed E-state index contributed by atoms with van der Waals surface area (Å²) in [4.78, 5) is 0. The summed E-state index contributed by atoms with van der Waals surface area (Å²) in [5, 5.41) is 22.6. The average molecular weight is 325 g/mol. The van der Waals surface area contributed by atoms with Gasteiger partial charge in [-0.25, -0.2) is 0 Å². The largest absolute Gasteiger partial charge is 0.394 e. The standard InChI is InChI=1S/C21H27NO2/c1-2-15-8-11-20-18(12-15)13-17(9-10-19(24)14-23)21(22-20)16-6-4-3-5-7-16/h3-8,11-12,17,19,21-24H,2,9-10,13-14H2,1H3/t17-,19-,21?/m0/s1. The molecule has 1 heterocycles. The molecule has 0 aliphatic carbocycles. The van der Waals surface area contributed by atoms with Crippen molar-refractivity contribution in [2.45, 2.75) is 44.8 Å². The molecule has 128 valence electrons. The molecular formula is C21H27NO2. The van der Waals surface area contributed by atoms with Gasteiger partial charge in [-0.3, -0.25) is 0 Å². The summed E-state index contributed by atoms with van der Waals surface area (Å²) in [5.74, 6) is 0.410. The van der Waals surface area contributed by atoms with Gasteiger partial charge in [0.05, 0.1) is 18.8 Å². The van der Waals surface area contributed by atoms with Crippen LogP contribution >= 0.6 is 0 Å². The Balaban J connectivity index is 1.86. The molecule has 0 spiro atoms. The Kier molecular flexibility index (Phi) is 5.54. The first-order valence-corrected chi connectivity index (χ1v) is 8.93. The average Bonchev–Trinajstić information content (AvgIpc) is 2.65. The van der Waals surface area contributed by atoms with Crippen LogP contribution in [0.4, 0.5) is 5.69 Å². The number of nitrogens with one attached hydrogen (secondary N) is 1. The normalized spacial score (nSPS) is 21.0. The van der Waals surface area contributed by atoms with E-state index in [-0.39, 0.29) is 12.6 Å². The van der Waals surface area contributed by atoms with Crippen LogP contribution in [0.3, 0.4) is 0 Å². The molecule has 2 aromatic rings. The maximum atomic E-state index is 9.75. The summed E-state index contributed by atoms with van der Waals surface area (Å²) in [6, 6.07) is 17.5. The maximum Gasteiger partial charge on any atom is 0.0771 e. The molecule has 3 N–H and O–H groups in total. The fourth-order valence-electron chi connectivity index (χ4n) is 3.64. The summed E-state index contributed by atoms with van der Waals surface area (Å²) in [6.07, 6.45) is 2.96. The fraction of sp³-hybridized carbons (Fsp3) is 0.429. The highest BCUT2D eigenvalue weighted by Gasteiger charge is 2.29. The molecule has 0 bridgehead atoms. The van der Waals surface area contributed by atoms with E-state index in [4.69, 9.17) is 5.11 Å². The number of rotatable bonds is 6. The molecule has 3 nitrogen and oxygen atoms in total. The van der Waals surface area contributed by atoms with Gasteiger partial charge < -0.3 is 15.5 Å². The number of aliphatic hydroxyl groups is 2. The first-order chi connectivity index (χ1) is 11.7. The molecular weight excluding hydrogens is 298 g/mol. The Hall–Kier alpha value is -1.84. The van der Waals surface area contributed by atoms with Gasteiger partial charge in [0, 0.05) is 5.69 Å². The Morgan fingerprint density at radius 2 is 1.96 bits per heavy atom. The topological polar surface area (TPSA) is 52.5 Å². The Bertz CT molecular complexity index is 656. The molecule has 0 fully saturated rings. The van der Waals surface area contributed by atoms with E-state index in [0.717, 1.165) is 19.3 Å². The number of aliphatic hydroxyl groups excluding tert-OH is 2. The fourth-order valence-corrected chi connectivity index (χ4v) is 3.64. The van der Waals surface area contributed by atoms with Crippen LogP contribution < -0.4 is 5.32 Å². The summed E-state index contributed by atoms with van der Waals surface area (Å²) in [5.41, 5.74) is 5.24. The van der Waals surface area contributed by atoms with E-state index in [9.17, 15) is 5.11 Å². The van der Waals surface area contributed by atoms with Gasteiger partial charge in [-0.1, -0.05) is 49.4 Å². The zero-order valence-corrected chi connectivity index (χ0v) is 14.3. The lowest BCUT2D eigenvalue weighted by Gasteiger charge is -2.36. The van der Waals surface area contributed by atoms with Gasteiger partial charge >= 0.3 is 0 Å². The van der Waals surface area contributed by atoms with Gasteiger partial charge in [0.1, 0.15) is 0 Å². The lowest BCUT2D eigenvalue weighted by molar-refractivity contribution is 0.0813. The van der Waals surface area contributed by atoms with Crippen LogP contribution in [0.5, 0.6) is 0 Å². The molecule has 3 heteroatoms. The number of aryl methyl sites for hydroxylation is 1. The summed E-state index contributed by atoms with van der Waals surface area (Å²) in [7, 11) is 0. The van der Waals surface area contributed by atoms with Gasteiger partial charge in [-0.2, -0.15) is 0 Å². The minimum absolute atomic E-state index is 0.160. The van der Waals surface area contributed by atoms with E-state index < -0.39 is 6.10 Å². The SMILES string of the molecule is CCc1ccc2c(c1)C[C@H](CC[C@H](O)CO)C(c1ccccc1)N2. The molecule has 1 aliphatic heterocycles. The van der Waals surface area contributed by atoms with E-state index in [1.54, 1.807) is 0 Å². The minimum Gasteiger partial charge on any atom is -0.394 e. The lowest BCUT2D eigenvalue weighted by Crippen LogP contribution is -2.29. The van der Waals surface area contributed by atoms with Crippen LogP contribution in [0, 0.1) is 5.92 Å². The number of hydrogen-bond donors (Lipinski definition) is 3. The number of anilines is 1. The van der Waals surface area contributed by atoms with Crippen molar-refractivity contribution >= 4 is 5.69 Å². The van der Waals surface area contributed by atoms with E-state index in [2.05, 4.69) is 54.7 Å². The van der Waals surface area contributed by atoms with Crippen molar-refractivity contribution in [2.75, 3.05) is 11.9 Å². The molecule has 2 aromatic carbocycles. The van der Waals surface area contributed by atoms with E-state index in [1.165, 1.54) is 22.4 Å². The van der Waals surface area contributed by atoms with E-state index in [0.29, 0.717) is 12.3 Å². The number of fused-ring (bicyclic) bond motifs is 1. The van der Waals surface area contributed by atoms with Crippen molar-refractivity contribution in [3.05, 3.63) is 65.2 Å². The zero-order valence-electron chi connectivity index (χ0n) is 14.3. The van der Waals surface area contributed by atoms with Crippen LogP contribution in [0.1, 0.15) is 42.5 Å². The predicted molar refractivity (Wildman–Crippen MR) is 98.1 cm³/mol. The highest BCUT2D eigenvalue weighted by Crippen LogP contribution is 2.39. The Morgan fingerprint density at radius 1 is 1.17 bits per heavy atom. The molecule has 1 aliphatic rings. The third-order valence-corrected chi connectivity index (χ3v) is 5.08. The van der Waals surface area contributed by atoms with Crippen LogP contribution in [0.15, 0.2) is 48.5 Å². The van der Waals surface area contributed by atoms with Gasteiger partial charge in [-0.05, 0) is 54.4 Å².